The van der Waals surface area contributed by atoms with E-state index in [2.05, 4.69) is 13.8 Å². The number of nitrogens with two attached hydrogens (primary N) is 1. The first-order valence-electron chi connectivity index (χ1n) is 3.37. The lowest BCUT2D eigenvalue weighted by Gasteiger charge is -2.08. The summed E-state index contributed by atoms with van der Waals surface area (Å²) in [4.78, 5) is 17.5. The van der Waals surface area contributed by atoms with Crippen LogP contribution in [0, 0.1) is 0 Å². The molecule has 78 valence electrons. The number of hydrogen-bond donors (Lipinski definition) is 2. The van der Waals surface area contributed by atoms with Crippen LogP contribution in [-0.2, 0) is 15.0 Å². The number of nitrogens with one attached hydrogen (secondary N) is 1. The summed E-state index contributed by atoms with van der Waals surface area (Å²) in [5, 5.41) is 0. The molecule has 0 bridgehead atoms. The Morgan fingerprint density at radius 1 is 1.71 bits per heavy atom. The zero-order valence-corrected chi connectivity index (χ0v) is 8.51. The lowest BCUT2D eigenvalue weighted by molar-refractivity contribution is -0.135. The summed E-state index contributed by atoms with van der Waals surface area (Å²) in [5.74, 6) is -0.449. The molecule has 0 fully saturated rings. The van der Waals surface area contributed by atoms with Crippen LogP contribution in [0.2, 0.25) is 0 Å². The first-order valence-corrected chi connectivity index (χ1v) is 3.84. The maximum atomic E-state index is 10.8. The van der Waals surface area contributed by atoms with Crippen LogP contribution in [0.4, 0.5) is 0 Å². The van der Waals surface area contributed by atoms with E-state index in [0.29, 0.717) is 6.42 Å². The van der Waals surface area contributed by atoms with E-state index in [1.807, 2.05) is 16.6 Å². The predicted octanol–water partition coefficient (Wildman–Crippen LogP) is -2.74. The minimum absolute atomic E-state index is 0. The minimum atomic E-state index is -0.636. The Morgan fingerprint density at radius 3 is 2.79 bits per heavy atom. The van der Waals surface area contributed by atoms with Crippen LogP contribution >= 0.6 is 0 Å². The molecular weight excluding hydrogens is 205 g/mol. The van der Waals surface area contributed by atoms with Crippen molar-refractivity contribution >= 4 is 22.6 Å². The van der Waals surface area contributed by atoms with E-state index in [0.717, 1.165) is 5.69 Å². The maximum Gasteiger partial charge on any atom is 0.484 e. The highest BCUT2D eigenvalue weighted by molar-refractivity contribution is 6.06. The van der Waals surface area contributed by atoms with Gasteiger partial charge in [-0.3, -0.25) is 4.79 Å². The molecule has 8 heteroatoms. The van der Waals surface area contributed by atoms with E-state index in [9.17, 15) is 4.79 Å². The lowest BCUT2D eigenvalue weighted by Crippen LogP contribution is -2.33. The van der Waals surface area contributed by atoms with Crippen LogP contribution in [0.3, 0.4) is 0 Å². The number of nitrogens with zero attached hydrogens (tertiary/aromatic N) is 1. The fraction of sp³-hybridized carbons (Fsp3) is 0.333. The molecule has 0 aromatic carbocycles. The molecule has 7 N–H and O–H groups in total. The Labute approximate surface area is 89.0 Å². The van der Waals surface area contributed by atoms with Gasteiger partial charge < -0.3 is 25.5 Å². The van der Waals surface area contributed by atoms with Gasteiger partial charge in [0.1, 0.15) is 6.04 Å². The van der Waals surface area contributed by atoms with Crippen molar-refractivity contribution in [3.63, 3.8) is 0 Å². The van der Waals surface area contributed by atoms with Crippen molar-refractivity contribution in [3.8, 4) is 0 Å². The van der Waals surface area contributed by atoms with Crippen molar-refractivity contribution in [2.75, 3.05) is 0 Å². The zero-order chi connectivity index (χ0) is 8.97. The summed E-state index contributed by atoms with van der Waals surface area (Å²) < 4.78 is 4.38. The number of rotatable bonds is 3. The molecule has 1 aromatic heterocycles. The molecule has 0 saturated carbocycles. The van der Waals surface area contributed by atoms with Crippen LogP contribution in [-0.4, -0.2) is 49.6 Å². The number of H-pyrrole nitrogens is 1. The quantitative estimate of drug-likeness (QED) is 0.529. The first-order chi connectivity index (χ1) is 5.74. The molecule has 14 heavy (non-hydrogen) atoms. The number of aromatic amines is 1. The Hall–Kier alpha value is -0.908. The van der Waals surface area contributed by atoms with Gasteiger partial charge in [-0.25, -0.2) is 4.98 Å². The number of imidazole rings is 1. The zero-order valence-electron chi connectivity index (χ0n) is 7.36. The van der Waals surface area contributed by atoms with Gasteiger partial charge in [0.2, 0.25) is 0 Å². The third-order valence-corrected chi connectivity index (χ3v) is 1.65. The summed E-state index contributed by atoms with van der Waals surface area (Å²) in [6.07, 6.45) is 3.57. The first kappa shape index (κ1) is 15.6. The van der Waals surface area contributed by atoms with E-state index in [1.54, 1.807) is 6.20 Å². The summed E-state index contributed by atoms with van der Waals surface area (Å²) in [6, 6.07) is -0.636. The molecule has 1 rings (SSSR count). The second kappa shape index (κ2) is 7.49. The number of carbonyl (C=O) groups is 1. The SMILES string of the molecule is NC(Cc1cnc[nH]1)C(=O)[O][Al].O.O. The topological polar surface area (TPSA) is 144 Å². The van der Waals surface area contributed by atoms with E-state index < -0.39 is 12.0 Å². The van der Waals surface area contributed by atoms with Gasteiger partial charge in [-0.2, -0.15) is 0 Å². The van der Waals surface area contributed by atoms with E-state index >= 15 is 0 Å². The molecule has 0 amide bonds. The molecule has 0 aliphatic heterocycles. The van der Waals surface area contributed by atoms with Gasteiger partial charge in [-0.15, -0.1) is 0 Å². The van der Waals surface area contributed by atoms with Crippen LogP contribution in [0.15, 0.2) is 12.5 Å². The van der Waals surface area contributed by atoms with Crippen molar-refractivity contribution < 1.29 is 19.5 Å². The molecule has 0 aliphatic carbocycles. The van der Waals surface area contributed by atoms with Gasteiger partial charge in [-0.05, 0) is 0 Å². The molecule has 0 saturated heterocycles. The third-order valence-electron chi connectivity index (χ3n) is 1.41. The molecule has 1 aromatic rings. The fourth-order valence-electron chi connectivity index (χ4n) is 0.804. The largest absolute Gasteiger partial charge is 0.627 e. The van der Waals surface area contributed by atoms with Gasteiger partial charge in [0, 0.05) is 18.3 Å². The van der Waals surface area contributed by atoms with Crippen LogP contribution in [0.25, 0.3) is 0 Å². The molecule has 7 nitrogen and oxygen atoms in total. The van der Waals surface area contributed by atoms with Gasteiger partial charge in [0.25, 0.3) is 5.97 Å². The Kier molecular flexibility index (Phi) is 8.33. The minimum Gasteiger partial charge on any atom is -0.627 e. The number of aromatic nitrogens is 2. The average molecular weight is 217 g/mol. The second-order valence-corrected chi connectivity index (χ2v) is 2.56. The van der Waals surface area contributed by atoms with E-state index in [1.165, 1.54) is 6.33 Å². The Morgan fingerprint density at radius 2 is 2.36 bits per heavy atom. The van der Waals surface area contributed by atoms with E-state index in [-0.39, 0.29) is 11.0 Å². The number of hydrogen-bond acceptors (Lipinski definition) is 4. The van der Waals surface area contributed by atoms with Gasteiger partial charge in [0.15, 0.2) is 0 Å². The summed E-state index contributed by atoms with van der Waals surface area (Å²) in [7, 11) is 0. The molecule has 1 heterocycles. The molecule has 0 aliphatic rings. The number of carbonyl (C=O) groups excluding carboxylic acids is 1. The molecule has 2 radical (unpaired) electrons. The molecule has 0 spiro atoms. The van der Waals surface area contributed by atoms with Crippen molar-refractivity contribution in [2.24, 2.45) is 5.73 Å². The monoisotopic (exact) mass is 217 g/mol. The van der Waals surface area contributed by atoms with Crippen LogP contribution < -0.4 is 5.73 Å². The highest BCUT2D eigenvalue weighted by Crippen LogP contribution is 1.96. The molecule has 1 atom stereocenters. The lowest BCUT2D eigenvalue weighted by atomic mass is 10.2. The smallest absolute Gasteiger partial charge is 0.484 e. The normalized spacial score (nSPS) is 10.6. The summed E-state index contributed by atoms with van der Waals surface area (Å²) in [6.45, 7) is 0. The Bertz CT molecular complexity index is 254. The van der Waals surface area contributed by atoms with Crippen molar-refractivity contribution in [1.82, 2.24) is 9.97 Å². The second-order valence-electron chi connectivity index (χ2n) is 2.32. The van der Waals surface area contributed by atoms with Crippen LogP contribution in [0.1, 0.15) is 5.69 Å². The highest BCUT2D eigenvalue weighted by Gasteiger charge is 2.13. The summed E-state index contributed by atoms with van der Waals surface area (Å²) >= 11 is 1.87. The molecule has 1 unspecified atom stereocenters. The molecular formula is C6H12AlN3O4. The summed E-state index contributed by atoms with van der Waals surface area (Å²) in [5.41, 5.74) is 6.30. The highest BCUT2D eigenvalue weighted by atomic mass is 27.1. The van der Waals surface area contributed by atoms with E-state index in [4.69, 9.17) is 5.73 Å². The van der Waals surface area contributed by atoms with Crippen LogP contribution in [0.5, 0.6) is 0 Å². The van der Waals surface area contributed by atoms with Crippen molar-refractivity contribution in [1.29, 1.82) is 0 Å². The third kappa shape index (κ3) is 4.36. The van der Waals surface area contributed by atoms with Gasteiger partial charge in [0.05, 0.1) is 6.33 Å². The van der Waals surface area contributed by atoms with Crippen molar-refractivity contribution in [3.05, 3.63) is 18.2 Å². The van der Waals surface area contributed by atoms with Gasteiger partial charge in [-0.1, -0.05) is 0 Å². The fourth-order valence-corrected chi connectivity index (χ4v) is 0.979. The average Bonchev–Trinajstić information content (AvgIpc) is 2.55. The Balaban J connectivity index is 0. The standard InChI is InChI=1S/C6H9N3O2.Al.2H2O/c7-5(6(10)11)1-4-2-8-3-9-4;;;/h2-3,5H,1,7H2,(H,8,9)(H,10,11);;2*1H2/q;+1;;/p-1. The maximum absolute atomic E-state index is 10.8. The van der Waals surface area contributed by atoms with Gasteiger partial charge >= 0.3 is 16.6 Å². The van der Waals surface area contributed by atoms with Crippen molar-refractivity contribution in [2.45, 2.75) is 12.5 Å². The predicted molar refractivity (Wildman–Crippen MR) is 49.3 cm³/mol.